The number of nitrogens with one attached hydrogen (secondary N) is 1. The van der Waals surface area contributed by atoms with Crippen molar-refractivity contribution in [2.24, 2.45) is 7.05 Å². The number of hydrogen-bond donors (Lipinski definition) is 1. The molecule has 1 saturated carbocycles. The fourth-order valence-electron chi connectivity index (χ4n) is 5.47. The maximum Gasteiger partial charge on any atom is 0.415 e. The molecule has 1 amide bonds. The van der Waals surface area contributed by atoms with Gasteiger partial charge in [0.1, 0.15) is 28.7 Å². The molecule has 3 aromatic heterocycles. The molecule has 17 heteroatoms. The first kappa shape index (κ1) is 28.5. The van der Waals surface area contributed by atoms with Gasteiger partial charge in [0.2, 0.25) is 10.0 Å². The van der Waals surface area contributed by atoms with Crippen LogP contribution in [0, 0.1) is 17.1 Å². The number of benzene rings is 1. The van der Waals surface area contributed by atoms with Crippen molar-refractivity contribution in [3.8, 4) is 34.3 Å². The number of alkyl halides is 1. The van der Waals surface area contributed by atoms with Crippen molar-refractivity contribution >= 4 is 50.0 Å². The Balaban J connectivity index is 1.66. The first-order valence-corrected chi connectivity index (χ1v) is 16.6. The zero-order valence-electron chi connectivity index (χ0n) is 28.8. The zero-order chi connectivity index (χ0) is 36.7. The highest BCUT2D eigenvalue weighted by molar-refractivity contribution is 7.92. The molecule has 0 unspecified atom stereocenters. The molecule has 0 bridgehead atoms. The number of halogens is 2. The van der Waals surface area contributed by atoms with Crippen LogP contribution in [-0.2, 0) is 27.7 Å². The van der Waals surface area contributed by atoms with Gasteiger partial charge in [-0.2, -0.15) is 15.5 Å². The molecule has 0 radical (unpaired) electrons. The molecule has 1 spiro atoms. The van der Waals surface area contributed by atoms with Gasteiger partial charge in [0.15, 0.2) is 11.6 Å². The fourth-order valence-corrected chi connectivity index (χ4v) is 6.64. The number of amides is 1. The summed E-state index contributed by atoms with van der Waals surface area (Å²) in [5, 5.41) is 20.6. The van der Waals surface area contributed by atoms with Gasteiger partial charge >= 0.3 is 6.09 Å². The Morgan fingerprint density at radius 2 is 2.09 bits per heavy atom. The van der Waals surface area contributed by atoms with E-state index in [0.29, 0.717) is 12.8 Å². The second kappa shape index (κ2) is 10.9. The average molecular weight is 688 g/mol. The summed E-state index contributed by atoms with van der Waals surface area (Å²) in [5.41, 5.74) is -3.68. The van der Waals surface area contributed by atoms with Crippen LogP contribution in [0.1, 0.15) is 49.0 Å². The van der Waals surface area contributed by atoms with Crippen molar-refractivity contribution in [1.29, 1.82) is 5.26 Å². The smallest absolute Gasteiger partial charge is 0.415 e. The van der Waals surface area contributed by atoms with Crippen molar-refractivity contribution < 1.29 is 31.2 Å². The lowest BCUT2D eigenvalue weighted by Crippen LogP contribution is -2.45. The van der Waals surface area contributed by atoms with Crippen molar-refractivity contribution in [1.82, 2.24) is 25.0 Å². The quantitative estimate of drug-likeness (QED) is 0.299. The maximum atomic E-state index is 16.4. The topological polar surface area (TPSA) is 176 Å². The summed E-state index contributed by atoms with van der Waals surface area (Å²) < 4.78 is 80.5. The third-order valence-corrected chi connectivity index (χ3v) is 9.13. The number of H-pyrrole nitrogens is 1. The van der Waals surface area contributed by atoms with Crippen LogP contribution in [0.3, 0.4) is 0 Å². The third kappa shape index (κ3) is 5.52. The number of nitriles is 1. The van der Waals surface area contributed by atoms with Gasteiger partial charge < -0.3 is 9.47 Å². The van der Waals surface area contributed by atoms with Crippen LogP contribution in [0.4, 0.5) is 20.7 Å². The molecule has 47 heavy (non-hydrogen) atoms. The van der Waals surface area contributed by atoms with Crippen molar-refractivity contribution in [2.45, 2.75) is 50.7 Å². The Bertz CT molecular complexity index is 2310. The second-order valence-electron chi connectivity index (χ2n) is 12.4. The first-order valence-electron chi connectivity index (χ1n) is 15.7. The lowest BCUT2D eigenvalue weighted by atomic mass is 9.96. The summed E-state index contributed by atoms with van der Waals surface area (Å²) in [7, 11) is -2.44. The van der Waals surface area contributed by atoms with Gasteiger partial charge in [-0.05, 0) is 39.7 Å². The summed E-state index contributed by atoms with van der Waals surface area (Å²) in [6.45, 7) is 1.31. The molecule has 2 aliphatic rings. The van der Waals surface area contributed by atoms with E-state index in [1.54, 1.807) is 0 Å². The normalized spacial score (nSPS) is 16.5. The van der Waals surface area contributed by atoms with Gasteiger partial charge in [0.25, 0.3) is 5.56 Å². The van der Waals surface area contributed by atoms with Gasteiger partial charge in [0.05, 0.1) is 58.6 Å². The van der Waals surface area contributed by atoms with Gasteiger partial charge in [-0.1, -0.05) is 0 Å². The number of hydrogen-bond acceptors (Lipinski definition) is 10. The number of fused-ring (bicyclic) bond motifs is 2. The highest BCUT2D eigenvalue weighted by Gasteiger charge is 2.53. The lowest BCUT2D eigenvalue weighted by molar-refractivity contribution is 0.0588. The molecule has 1 aliphatic carbocycles. The standard InChI is InChI=1S/C30H30ClFN8O6S/c1-29(2,3)46-28(42)38(4)26-23-15(20(11-31)36-37-27(23)41)9-19(35-26)17-13-34-39(5)24(17)22-16(12-33)25-21(10-18(22)32)40(47(6,43)44)14-30(45-25)7-8-30/h9-10,13H,7-8,11,14H2,1-6H3,(H,37,41)/i4D3. The Morgan fingerprint density at radius 3 is 2.68 bits per heavy atom. The fraction of sp³-hybridized carbons (Fsp3) is 0.400. The predicted molar refractivity (Wildman–Crippen MR) is 171 cm³/mol. The zero-order valence-corrected chi connectivity index (χ0v) is 27.4. The Kier molecular flexibility index (Phi) is 6.61. The lowest BCUT2D eigenvalue weighted by Gasteiger charge is -2.36. The number of nitrogens with zero attached hydrogens (tertiary/aromatic N) is 7. The predicted octanol–water partition coefficient (Wildman–Crippen LogP) is 4.20. The van der Waals surface area contributed by atoms with E-state index in [4.69, 9.17) is 25.2 Å². The number of carbonyl (C=O) groups excluding carboxylic acids is 1. The van der Waals surface area contributed by atoms with E-state index in [2.05, 4.69) is 20.3 Å². The van der Waals surface area contributed by atoms with E-state index in [9.17, 15) is 23.3 Å². The summed E-state index contributed by atoms with van der Waals surface area (Å²) in [5.74, 6) is -2.01. The summed E-state index contributed by atoms with van der Waals surface area (Å²) in [6, 6.07) is 4.29. The molecule has 0 atom stereocenters. The Morgan fingerprint density at radius 1 is 1.36 bits per heavy atom. The molecule has 1 aromatic carbocycles. The molecule has 1 fully saturated rings. The summed E-state index contributed by atoms with van der Waals surface area (Å²) in [6.07, 6.45) is 1.95. The number of aromatic amines is 1. The minimum atomic E-state index is -3.90. The molecule has 6 rings (SSSR count). The second-order valence-corrected chi connectivity index (χ2v) is 14.5. The number of aryl methyl sites for hydroxylation is 1. The van der Waals surface area contributed by atoms with E-state index in [1.807, 2.05) is 6.07 Å². The minimum absolute atomic E-state index is 0.0191. The summed E-state index contributed by atoms with van der Waals surface area (Å²) in [4.78, 5) is 31.4. The van der Waals surface area contributed by atoms with E-state index in [1.165, 1.54) is 44.8 Å². The highest BCUT2D eigenvalue weighted by atomic mass is 35.5. The molecular weight excluding hydrogens is 655 g/mol. The maximum absolute atomic E-state index is 16.4. The van der Waals surface area contributed by atoms with Crippen molar-refractivity contribution in [3.05, 3.63) is 45.8 Å². The van der Waals surface area contributed by atoms with Crippen molar-refractivity contribution in [3.63, 3.8) is 0 Å². The third-order valence-electron chi connectivity index (χ3n) is 7.75. The number of rotatable bonds is 5. The molecular formula is C30H30ClFN8O6S. The Labute approximate surface area is 277 Å². The van der Waals surface area contributed by atoms with E-state index < -0.39 is 51.5 Å². The van der Waals surface area contributed by atoms with E-state index in [0.717, 1.165) is 16.6 Å². The van der Waals surface area contributed by atoms with Crippen LogP contribution in [0.5, 0.6) is 5.75 Å². The van der Waals surface area contributed by atoms with Crippen LogP contribution in [0.15, 0.2) is 23.1 Å². The largest absolute Gasteiger partial charge is 0.482 e. The SMILES string of the molecule is [2H]C([2H])([2H])N(C(=O)OC(C)(C)C)c1nc(-c2cnn(C)c2-c2c(F)cc3c(c2C#N)OC2(CC2)CN3S(C)(=O)=O)cc2c(CCl)n[nH]c(=O)c12. The molecule has 4 aromatic rings. The van der Waals surface area contributed by atoms with Gasteiger partial charge in [-0.15, -0.1) is 11.6 Å². The summed E-state index contributed by atoms with van der Waals surface area (Å²) >= 11 is 6.18. The van der Waals surface area contributed by atoms with Crippen LogP contribution in [-0.4, -0.2) is 70.5 Å². The number of sulfonamides is 1. The molecule has 0 saturated heterocycles. The Hall–Kier alpha value is -4.75. The minimum Gasteiger partial charge on any atom is -0.482 e. The molecule has 1 aliphatic heterocycles. The van der Waals surface area contributed by atoms with Gasteiger partial charge in [-0.3, -0.25) is 18.7 Å². The molecule has 14 nitrogen and oxygen atoms in total. The van der Waals surface area contributed by atoms with Crippen molar-refractivity contribution in [2.75, 3.05) is 29.0 Å². The van der Waals surface area contributed by atoms with Crippen LogP contribution < -0.4 is 19.5 Å². The van der Waals surface area contributed by atoms with Crippen LogP contribution in [0.2, 0.25) is 0 Å². The number of pyridine rings is 1. The van der Waals surface area contributed by atoms with Gasteiger partial charge in [-0.25, -0.2) is 27.7 Å². The number of anilines is 2. The first-order chi connectivity index (χ1) is 23.2. The van der Waals surface area contributed by atoms with E-state index >= 15 is 4.39 Å². The molecule has 246 valence electrons. The number of ether oxygens (including phenoxy) is 2. The van der Waals surface area contributed by atoms with Crippen LogP contribution in [0.25, 0.3) is 33.3 Å². The monoisotopic (exact) mass is 687 g/mol. The van der Waals surface area contributed by atoms with Gasteiger partial charge in [0, 0.05) is 35.2 Å². The van der Waals surface area contributed by atoms with E-state index in [-0.39, 0.29) is 73.3 Å². The number of aromatic nitrogens is 5. The highest BCUT2D eigenvalue weighted by Crippen LogP contribution is 2.53. The molecule has 1 N–H and O–H groups in total. The average Bonchev–Trinajstić information content (AvgIpc) is 3.63. The molecule has 4 heterocycles. The van der Waals surface area contributed by atoms with Crippen LogP contribution >= 0.6 is 11.6 Å². The number of carbonyl (C=O) groups is 1.